The standard InChI is InChI=1S/C6H12N2O.C6H10N2O.C6H12N2O.C5H10N2O.C5H12N2S.C5H10N2S.C4H6N2O.C4H10N2S.C4H6N2S/c1-4-5(2)8(3)7-6(4)9;1-4-5(2)7-8-6(4)9-3;1-4-5(2)7-8(3)6(4)9;1-3-4(2)6-7-5(3)8;1-4-5(2)7(3)8-6-4;1-3-4(2)7-5(8)6-3;3*1-3-4(2)6-7-5-3/h4-5H,1-3H3,(H,7,9);1-3H3,(H,7,8);4-5,7H,1-3H3;3-4,6H,1-2H3,(H,7,8);4-6H,1-3H3;3-4H,1-2H3,(H2,6,7,8);1-2H3;3-6H,1-2H3;1-2H3. The molecule has 72 heavy (non-hydrogen) atoms. The molecule has 3 aromatic heterocycles. The molecule has 0 bridgehead atoms. The molecule has 412 valence electrons. The maximum Gasteiger partial charge on any atom is 0.240 e. The molecule has 0 aliphatic carbocycles. The highest BCUT2D eigenvalue weighted by Crippen LogP contribution is 2.20. The summed E-state index contributed by atoms with van der Waals surface area (Å²) in [5.41, 5.74) is 17.0. The van der Waals surface area contributed by atoms with Crippen molar-refractivity contribution in [3.63, 3.8) is 0 Å². The van der Waals surface area contributed by atoms with E-state index in [1.54, 1.807) is 43.4 Å². The molecule has 6 fully saturated rings. The SMILES string of the molecule is CC1C(=O)NN(C)C1C.CC1NC(=S)NC1C.CC1NN(C)C(=O)C1C.CC1NNC(=O)C1C.CC1NSN(C)C1C.CC1NSNC1C.COc1n[nH]c(C)c1C.Cc1nonc1C.Cc1nsnc1C. The summed E-state index contributed by atoms with van der Waals surface area (Å²) in [5, 5.41) is 24.1. The number of H-pyrrole nitrogens is 1. The maximum atomic E-state index is 11.0. The minimum atomic E-state index is 0.0949. The molecule has 9 rings (SSSR count). The first-order valence-electron chi connectivity index (χ1n) is 24.1. The lowest BCUT2D eigenvalue weighted by Gasteiger charge is -2.13. The van der Waals surface area contributed by atoms with E-state index in [0.29, 0.717) is 54.2 Å². The minimum Gasteiger partial charge on any atom is -0.480 e. The number of carbonyl (C=O) groups excluding carboxylic acids is 3. The van der Waals surface area contributed by atoms with Crippen LogP contribution in [0.4, 0.5) is 0 Å². The van der Waals surface area contributed by atoms with E-state index in [0.717, 1.165) is 39.1 Å². The van der Waals surface area contributed by atoms with E-state index >= 15 is 0 Å². The molecule has 6 saturated heterocycles. The molecule has 23 nitrogen and oxygen atoms in total. The number of aromatic nitrogens is 6. The number of aryl methyl sites for hydroxylation is 5. The van der Waals surface area contributed by atoms with Crippen molar-refractivity contribution in [2.45, 2.75) is 179 Å². The van der Waals surface area contributed by atoms with Crippen LogP contribution in [0.3, 0.4) is 0 Å². The molecular weight excluding hydrogens is 1000 g/mol. The van der Waals surface area contributed by atoms with Crippen LogP contribution < -0.4 is 51.2 Å². The van der Waals surface area contributed by atoms with Crippen molar-refractivity contribution in [1.82, 2.24) is 90.1 Å². The summed E-state index contributed by atoms with van der Waals surface area (Å²) >= 11 is 9.40. The number of rotatable bonds is 1. The molecule has 10 N–H and O–H groups in total. The predicted octanol–water partition coefficient (Wildman–Crippen LogP) is 4.12. The van der Waals surface area contributed by atoms with Crippen molar-refractivity contribution < 1.29 is 23.7 Å². The van der Waals surface area contributed by atoms with Gasteiger partial charge in [-0.1, -0.05) is 31.1 Å². The van der Waals surface area contributed by atoms with E-state index in [9.17, 15) is 14.4 Å². The molecule has 3 amide bonds. The van der Waals surface area contributed by atoms with Crippen molar-refractivity contribution >= 4 is 71.0 Å². The number of methoxy groups -OCH3 is 1. The quantitative estimate of drug-likeness (QED) is 0.121. The number of amides is 3. The normalized spacial score (nSPS) is 29.0. The second-order valence-corrected chi connectivity index (χ2v) is 21.3. The lowest BCUT2D eigenvalue weighted by molar-refractivity contribution is -0.130. The lowest BCUT2D eigenvalue weighted by Crippen LogP contribution is -2.32. The number of hydrogen-bond donors (Lipinski definition) is 10. The molecule has 0 spiro atoms. The number of ether oxygens (including phenoxy) is 1. The summed E-state index contributed by atoms with van der Waals surface area (Å²) in [7, 11) is 7.35. The van der Waals surface area contributed by atoms with Crippen LogP contribution in [-0.2, 0) is 14.4 Å². The number of hydrazine groups is 3. The van der Waals surface area contributed by atoms with Crippen LogP contribution in [0.15, 0.2) is 4.63 Å². The third-order valence-corrected chi connectivity index (χ3v) is 16.1. The Hall–Kier alpha value is -3.77. The van der Waals surface area contributed by atoms with Gasteiger partial charge in [0, 0.05) is 104 Å². The average Bonchev–Trinajstić information content (AvgIpc) is 4.27. The van der Waals surface area contributed by atoms with Crippen molar-refractivity contribution in [3.05, 3.63) is 34.0 Å². The maximum absolute atomic E-state index is 11.0. The fraction of sp³-hybridized carbons (Fsp3) is 0.756. The van der Waals surface area contributed by atoms with E-state index < -0.39 is 0 Å². The summed E-state index contributed by atoms with van der Waals surface area (Å²) in [6, 6.07) is 4.41. The van der Waals surface area contributed by atoms with Gasteiger partial charge >= 0.3 is 0 Å². The van der Waals surface area contributed by atoms with Gasteiger partial charge in [0.1, 0.15) is 11.4 Å². The molecular formula is C45H88N18O5S4. The molecule has 0 saturated carbocycles. The molecule has 0 radical (unpaired) electrons. The molecule has 0 aromatic carbocycles. The van der Waals surface area contributed by atoms with Crippen LogP contribution in [0.5, 0.6) is 5.88 Å². The fourth-order valence-corrected chi connectivity index (χ4v) is 8.23. The van der Waals surface area contributed by atoms with Gasteiger partial charge in [0.25, 0.3) is 0 Å². The molecule has 27 heteroatoms. The number of carbonyl (C=O) groups is 3. The van der Waals surface area contributed by atoms with Crippen molar-refractivity contribution in [2.24, 2.45) is 17.8 Å². The van der Waals surface area contributed by atoms with Gasteiger partial charge in [-0.15, -0.1) is 5.10 Å². The Kier molecular flexibility index (Phi) is 30.6. The molecule has 12 atom stereocenters. The number of hydrogen-bond acceptors (Lipinski definition) is 21. The first kappa shape index (κ1) is 66.2. The largest absolute Gasteiger partial charge is 0.480 e. The zero-order valence-corrected chi connectivity index (χ0v) is 49.9. The topological polar surface area (TPSA) is 272 Å². The monoisotopic (exact) mass is 1090 g/mol. The Morgan fingerprint density at radius 3 is 1.29 bits per heavy atom. The number of nitrogens with one attached hydrogen (secondary N) is 10. The highest BCUT2D eigenvalue weighted by molar-refractivity contribution is 7.95. The van der Waals surface area contributed by atoms with Gasteiger partial charge in [-0.2, -0.15) is 8.75 Å². The highest BCUT2D eigenvalue weighted by atomic mass is 32.2. The van der Waals surface area contributed by atoms with Gasteiger partial charge in [-0.25, -0.2) is 39.0 Å². The predicted molar refractivity (Wildman–Crippen MR) is 295 cm³/mol. The van der Waals surface area contributed by atoms with Crippen LogP contribution in [0.2, 0.25) is 0 Å². The van der Waals surface area contributed by atoms with Gasteiger partial charge in [-0.05, 0) is 123 Å². The Morgan fingerprint density at radius 1 is 0.625 bits per heavy atom. The van der Waals surface area contributed by atoms with Crippen LogP contribution in [0, 0.1) is 59.3 Å². The van der Waals surface area contributed by atoms with E-state index in [4.69, 9.17) is 17.0 Å². The zero-order chi connectivity index (χ0) is 55.2. The third kappa shape index (κ3) is 22.8. The number of thiocarbonyl (C=S) groups is 1. The lowest BCUT2D eigenvalue weighted by atomic mass is 10.1. The zero-order valence-electron chi connectivity index (χ0n) is 46.7. The molecule has 6 aliphatic heterocycles. The van der Waals surface area contributed by atoms with E-state index in [2.05, 4.69) is 133 Å². The van der Waals surface area contributed by atoms with Crippen LogP contribution in [0.25, 0.3) is 0 Å². The summed E-state index contributed by atoms with van der Waals surface area (Å²) in [5.74, 6) is 1.48. The van der Waals surface area contributed by atoms with E-state index in [1.165, 1.54) is 11.7 Å². The Balaban J connectivity index is 0.000000406. The van der Waals surface area contributed by atoms with Crippen molar-refractivity contribution in [1.29, 1.82) is 0 Å². The van der Waals surface area contributed by atoms with Crippen molar-refractivity contribution in [3.8, 4) is 5.88 Å². The minimum absolute atomic E-state index is 0.0949. The van der Waals surface area contributed by atoms with E-state index in [1.807, 2.05) is 95.1 Å². The van der Waals surface area contributed by atoms with E-state index in [-0.39, 0.29) is 41.5 Å². The fourth-order valence-electron chi connectivity index (χ4n) is 5.59. The summed E-state index contributed by atoms with van der Waals surface area (Å²) < 4.78 is 29.0. The van der Waals surface area contributed by atoms with Gasteiger partial charge in [-0.3, -0.25) is 35.3 Å². The molecule has 9 heterocycles. The highest BCUT2D eigenvalue weighted by Gasteiger charge is 2.32. The number of likely N-dealkylation sites (N-methyl/N-ethyl adjacent to an activating group) is 1. The third-order valence-electron chi connectivity index (χ3n) is 13.0. The molecule has 12 unspecified atom stereocenters. The summed E-state index contributed by atoms with van der Waals surface area (Å²) in [6.45, 7) is 36.3. The summed E-state index contributed by atoms with van der Waals surface area (Å²) in [6.07, 6.45) is 0. The average molecular weight is 1090 g/mol. The Morgan fingerprint density at radius 2 is 1.15 bits per heavy atom. The van der Waals surface area contributed by atoms with Gasteiger partial charge in [0.2, 0.25) is 23.6 Å². The first-order chi connectivity index (χ1) is 33.5. The van der Waals surface area contributed by atoms with Crippen LogP contribution in [0.1, 0.15) is 117 Å². The van der Waals surface area contributed by atoms with Crippen LogP contribution in [-0.4, -0.2) is 149 Å². The summed E-state index contributed by atoms with van der Waals surface area (Å²) in [4.78, 5) is 32.4. The van der Waals surface area contributed by atoms with Gasteiger partial charge in [0.05, 0.1) is 48.0 Å². The second-order valence-electron chi connectivity index (χ2n) is 18.7. The van der Waals surface area contributed by atoms with Crippen molar-refractivity contribution in [2.75, 3.05) is 28.3 Å². The Bertz CT molecular complexity index is 1960. The number of nitrogens with zero attached hydrogens (tertiary/aromatic N) is 8. The molecule has 6 aliphatic rings. The smallest absolute Gasteiger partial charge is 0.240 e. The molecule has 3 aromatic rings. The van der Waals surface area contributed by atoms with Gasteiger partial charge < -0.3 is 15.4 Å². The van der Waals surface area contributed by atoms with Crippen LogP contribution >= 0.6 is 48.2 Å². The Labute approximate surface area is 447 Å². The number of aromatic amines is 1. The second kappa shape index (κ2) is 33.2. The first-order valence-corrected chi connectivity index (χ1v) is 26.9. The van der Waals surface area contributed by atoms with Gasteiger partial charge in [0.15, 0.2) is 5.11 Å².